The van der Waals surface area contributed by atoms with Crippen LogP contribution in [0.25, 0.3) is 0 Å². The molecule has 0 radical (unpaired) electrons. The zero-order chi connectivity index (χ0) is 21.6. The lowest BCUT2D eigenvalue weighted by atomic mass is 9.92. The number of methoxy groups -OCH3 is 1. The minimum absolute atomic E-state index is 0.0348. The van der Waals surface area contributed by atoms with E-state index in [0.29, 0.717) is 23.7 Å². The number of aryl methyl sites for hydroxylation is 1. The van der Waals surface area contributed by atoms with Gasteiger partial charge in [-0.05, 0) is 18.6 Å². The zero-order valence-electron chi connectivity index (χ0n) is 18.3. The first-order chi connectivity index (χ1) is 13.7. The molecular weight excluding hydrogens is 368 g/mol. The fourth-order valence-corrected chi connectivity index (χ4v) is 2.90. The molecule has 0 unspecified atom stereocenters. The first-order valence-corrected chi connectivity index (χ1v) is 9.94. The highest BCUT2D eigenvalue weighted by atomic mass is 16.5. The molecule has 29 heavy (non-hydrogen) atoms. The molecular formula is C22H32N4O3. The molecule has 1 N–H and O–H groups in total. The number of rotatable bonds is 8. The van der Waals surface area contributed by atoms with Gasteiger partial charge in [-0.25, -0.2) is 0 Å². The van der Waals surface area contributed by atoms with Gasteiger partial charge in [-0.3, -0.25) is 14.3 Å². The fourth-order valence-electron chi connectivity index (χ4n) is 2.90. The summed E-state index contributed by atoms with van der Waals surface area (Å²) in [6.45, 7) is 8.72. The molecule has 0 saturated carbocycles. The van der Waals surface area contributed by atoms with Gasteiger partial charge in [0.15, 0.2) is 0 Å². The van der Waals surface area contributed by atoms with Crippen molar-refractivity contribution < 1.29 is 14.3 Å². The van der Waals surface area contributed by atoms with Crippen LogP contribution in [0.3, 0.4) is 0 Å². The van der Waals surface area contributed by atoms with Gasteiger partial charge in [0.05, 0.1) is 18.4 Å². The van der Waals surface area contributed by atoms with Gasteiger partial charge in [0, 0.05) is 25.1 Å². The average molecular weight is 401 g/mol. The Kier molecular flexibility index (Phi) is 7.42. The van der Waals surface area contributed by atoms with Gasteiger partial charge in [0.25, 0.3) is 5.91 Å². The monoisotopic (exact) mass is 400 g/mol. The molecule has 0 spiro atoms. The summed E-state index contributed by atoms with van der Waals surface area (Å²) in [6, 6.07) is 8.94. The summed E-state index contributed by atoms with van der Waals surface area (Å²) in [5, 5.41) is 7.35. The van der Waals surface area contributed by atoms with Gasteiger partial charge in [-0.2, -0.15) is 5.10 Å². The molecule has 1 heterocycles. The van der Waals surface area contributed by atoms with E-state index in [-0.39, 0.29) is 23.8 Å². The van der Waals surface area contributed by atoms with Crippen molar-refractivity contribution in [3.63, 3.8) is 0 Å². The minimum Gasteiger partial charge on any atom is -0.496 e. The highest BCUT2D eigenvalue weighted by Crippen LogP contribution is 2.23. The van der Waals surface area contributed by atoms with Crippen LogP contribution >= 0.6 is 0 Å². The number of carbonyl (C=O) groups is 2. The van der Waals surface area contributed by atoms with E-state index in [0.717, 1.165) is 18.5 Å². The normalized spacial score (nSPS) is 11.2. The standard InChI is InChI=1S/C22H32N4O3/c1-7-8-13-26(21(28)16-11-9-10-12-17(16)29-6)15-20(27)23-19-14-18(22(2,3)4)24-25(19)5/h9-12,14H,7-8,13,15H2,1-6H3,(H,23,27). The number of para-hydroxylation sites is 1. The third-order valence-electron chi connectivity index (χ3n) is 4.66. The Balaban J connectivity index is 2.16. The van der Waals surface area contributed by atoms with E-state index in [4.69, 9.17) is 4.74 Å². The lowest BCUT2D eigenvalue weighted by molar-refractivity contribution is -0.117. The number of nitrogens with one attached hydrogen (secondary N) is 1. The van der Waals surface area contributed by atoms with E-state index in [1.54, 1.807) is 34.8 Å². The van der Waals surface area contributed by atoms with Crippen LogP contribution in [0.5, 0.6) is 5.75 Å². The molecule has 2 rings (SSSR count). The Morgan fingerprint density at radius 2 is 1.93 bits per heavy atom. The number of benzene rings is 1. The highest BCUT2D eigenvalue weighted by Gasteiger charge is 2.23. The molecule has 1 aromatic heterocycles. The van der Waals surface area contributed by atoms with E-state index >= 15 is 0 Å². The summed E-state index contributed by atoms with van der Waals surface area (Å²) in [5.74, 6) is 0.639. The summed E-state index contributed by atoms with van der Waals surface area (Å²) in [4.78, 5) is 27.3. The molecule has 7 nitrogen and oxygen atoms in total. The Hall–Kier alpha value is -2.83. The van der Waals surface area contributed by atoms with Gasteiger partial charge in [0.1, 0.15) is 18.1 Å². The molecule has 0 aliphatic carbocycles. The van der Waals surface area contributed by atoms with Gasteiger partial charge < -0.3 is 15.0 Å². The Morgan fingerprint density at radius 1 is 1.24 bits per heavy atom. The second kappa shape index (κ2) is 9.58. The molecule has 7 heteroatoms. The lowest BCUT2D eigenvalue weighted by Crippen LogP contribution is -2.39. The predicted octanol–water partition coefficient (Wildman–Crippen LogP) is 3.61. The van der Waals surface area contributed by atoms with Gasteiger partial charge in [0.2, 0.25) is 5.91 Å². The highest BCUT2D eigenvalue weighted by molar-refractivity contribution is 6.00. The summed E-state index contributed by atoms with van der Waals surface area (Å²) in [6.07, 6.45) is 1.74. The maximum Gasteiger partial charge on any atom is 0.258 e. The first-order valence-electron chi connectivity index (χ1n) is 9.94. The van der Waals surface area contributed by atoms with Gasteiger partial charge in [-0.15, -0.1) is 0 Å². The number of nitrogens with zero attached hydrogens (tertiary/aromatic N) is 3. The molecule has 2 amide bonds. The third-order valence-corrected chi connectivity index (χ3v) is 4.66. The number of amides is 2. The number of aromatic nitrogens is 2. The largest absolute Gasteiger partial charge is 0.496 e. The van der Waals surface area contributed by atoms with E-state index < -0.39 is 0 Å². The molecule has 0 saturated heterocycles. The van der Waals surface area contributed by atoms with Crippen LogP contribution in [0.2, 0.25) is 0 Å². The lowest BCUT2D eigenvalue weighted by Gasteiger charge is -2.23. The SMILES string of the molecule is CCCCN(CC(=O)Nc1cc(C(C)(C)C)nn1C)C(=O)c1ccccc1OC. The van der Waals surface area contributed by atoms with E-state index in [1.165, 1.54) is 7.11 Å². The molecule has 1 aromatic carbocycles. The Morgan fingerprint density at radius 3 is 2.52 bits per heavy atom. The van der Waals surface area contributed by atoms with Crippen molar-refractivity contribution in [2.75, 3.05) is 25.5 Å². The van der Waals surface area contributed by atoms with Crippen LogP contribution in [0.4, 0.5) is 5.82 Å². The quantitative estimate of drug-likeness (QED) is 0.734. The second-order valence-corrected chi connectivity index (χ2v) is 8.12. The van der Waals surface area contributed by atoms with Gasteiger partial charge in [-0.1, -0.05) is 46.2 Å². The topological polar surface area (TPSA) is 76.5 Å². The van der Waals surface area contributed by atoms with Crippen LogP contribution in [-0.2, 0) is 17.3 Å². The van der Waals surface area contributed by atoms with Gasteiger partial charge >= 0.3 is 0 Å². The molecule has 0 aliphatic rings. The maximum absolute atomic E-state index is 13.1. The number of carbonyl (C=O) groups excluding carboxylic acids is 2. The predicted molar refractivity (Wildman–Crippen MR) is 114 cm³/mol. The van der Waals surface area contributed by atoms with E-state index in [2.05, 4.69) is 38.1 Å². The molecule has 0 bridgehead atoms. The summed E-state index contributed by atoms with van der Waals surface area (Å²) in [5.41, 5.74) is 1.23. The Bertz CT molecular complexity index is 852. The van der Waals surface area contributed by atoms with Crippen molar-refractivity contribution in [3.05, 3.63) is 41.6 Å². The summed E-state index contributed by atoms with van der Waals surface area (Å²) < 4.78 is 6.96. The Labute approximate surface area is 173 Å². The number of ether oxygens (including phenoxy) is 1. The zero-order valence-corrected chi connectivity index (χ0v) is 18.3. The van der Waals surface area contributed by atoms with Crippen molar-refractivity contribution in [1.29, 1.82) is 0 Å². The third kappa shape index (κ3) is 5.82. The smallest absolute Gasteiger partial charge is 0.258 e. The van der Waals surface area contributed by atoms with Crippen molar-refractivity contribution in [1.82, 2.24) is 14.7 Å². The second-order valence-electron chi connectivity index (χ2n) is 8.12. The molecule has 2 aromatic rings. The van der Waals surface area contributed by atoms with Crippen molar-refractivity contribution >= 4 is 17.6 Å². The van der Waals surface area contributed by atoms with Crippen molar-refractivity contribution in [2.45, 2.75) is 46.0 Å². The van der Waals surface area contributed by atoms with Crippen molar-refractivity contribution in [3.8, 4) is 5.75 Å². The molecule has 0 fully saturated rings. The molecule has 158 valence electrons. The van der Waals surface area contributed by atoms with Crippen LogP contribution in [0.15, 0.2) is 30.3 Å². The van der Waals surface area contributed by atoms with Crippen LogP contribution in [0.1, 0.15) is 56.6 Å². The molecule has 0 aliphatic heterocycles. The van der Waals surface area contributed by atoms with Crippen LogP contribution in [0, 0.1) is 0 Å². The summed E-state index contributed by atoms with van der Waals surface area (Å²) in [7, 11) is 3.32. The number of unbranched alkanes of at least 4 members (excludes halogenated alkanes) is 1. The van der Waals surface area contributed by atoms with Crippen LogP contribution in [-0.4, -0.2) is 46.7 Å². The molecule has 0 atom stereocenters. The number of hydrogen-bond acceptors (Lipinski definition) is 4. The minimum atomic E-state index is -0.257. The number of anilines is 1. The van der Waals surface area contributed by atoms with Crippen molar-refractivity contribution in [2.24, 2.45) is 7.05 Å². The average Bonchev–Trinajstić information content (AvgIpc) is 3.05. The van der Waals surface area contributed by atoms with E-state index in [1.807, 2.05) is 12.1 Å². The fraction of sp³-hybridized carbons (Fsp3) is 0.500. The maximum atomic E-state index is 13.1. The summed E-state index contributed by atoms with van der Waals surface area (Å²) >= 11 is 0. The first kappa shape index (κ1) is 22.5. The van der Waals surface area contributed by atoms with E-state index in [9.17, 15) is 9.59 Å². The number of hydrogen-bond donors (Lipinski definition) is 1. The van der Waals surface area contributed by atoms with Crippen LogP contribution < -0.4 is 10.1 Å².